The topological polar surface area (TPSA) is 57.1 Å². The quantitative estimate of drug-likeness (QED) is 0.679. The van der Waals surface area contributed by atoms with Gasteiger partial charge in [0.05, 0.1) is 12.5 Å². The van der Waals surface area contributed by atoms with Gasteiger partial charge in [-0.15, -0.1) is 11.8 Å². The number of hydrogen-bond donors (Lipinski definition) is 0. The number of benzene rings is 1. The van der Waals surface area contributed by atoms with E-state index in [0.29, 0.717) is 23.9 Å². The summed E-state index contributed by atoms with van der Waals surface area (Å²) in [5.41, 5.74) is 1.77. The highest BCUT2D eigenvalue weighted by atomic mass is 32.2. The lowest BCUT2D eigenvalue weighted by Gasteiger charge is -2.09. The first-order valence-electron chi connectivity index (χ1n) is 7.85. The lowest BCUT2D eigenvalue weighted by atomic mass is 10.2. The molecule has 122 valence electrons. The monoisotopic (exact) mass is 339 g/mol. The third-order valence-electron chi connectivity index (χ3n) is 3.80. The van der Waals surface area contributed by atoms with E-state index in [1.807, 2.05) is 17.8 Å². The number of aromatic nitrogens is 3. The fourth-order valence-electron chi connectivity index (χ4n) is 2.40. The van der Waals surface area contributed by atoms with E-state index in [2.05, 4.69) is 39.2 Å². The van der Waals surface area contributed by atoms with Gasteiger partial charge in [-0.25, -0.2) is 15.0 Å². The van der Waals surface area contributed by atoms with Crippen LogP contribution in [0, 0.1) is 0 Å². The van der Waals surface area contributed by atoms with Gasteiger partial charge in [-0.2, -0.15) is 0 Å². The molecule has 0 saturated heterocycles. The lowest BCUT2D eigenvalue weighted by molar-refractivity contribution is 0.297. The lowest BCUT2D eigenvalue weighted by Crippen LogP contribution is -2.00. The van der Waals surface area contributed by atoms with Crippen LogP contribution < -0.4 is 9.47 Å². The Hall–Kier alpha value is -2.34. The zero-order valence-electron chi connectivity index (χ0n) is 13.3. The number of pyridine rings is 1. The molecule has 0 bridgehead atoms. The zero-order chi connectivity index (χ0) is 16.4. The Kier molecular flexibility index (Phi) is 4.21. The van der Waals surface area contributed by atoms with Crippen molar-refractivity contribution in [3.05, 3.63) is 48.4 Å². The molecule has 6 heteroatoms. The molecular weight excluding hydrogens is 322 g/mol. The second-order valence-electron chi connectivity index (χ2n) is 5.65. The fraction of sp³-hybridized carbons (Fsp3) is 0.278. The van der Waals surface area contributed by atoms with E-state index in [-0.39, 0.29) is 0 Å². The predicted molar refractivity (Wildman–Crippen MR) is 93.5 cm³/mol. The zero-order valence-corrected chi connectivity index (χ0v) is 14.1. The van der Waals surface area contributed by atoms with E-state index in [1.54, 1.807) is 13.3 Å². The van der Waals surface area contributed by atoms with Crippen LogP contribution in [-0.4, -0.2) is 27.3 Å². The van der Waals surface area contributed by atoms with Gasteiger partial charge in [0.25, 0.3) is 0 Å². The van der Waals surface area contributed by atoms with Gasteiger partial charge in [-0.3, -0.25) is 0 Å². The number of hydrogen-bond acceptors (Lipinski definition) is 6. The maximum atomic E-state index is 5.90. The van der Waals surface area contributed by atoms with E-state index >= 15 is 0 Å². The average Bonchev–Trinajstić information content (AvgIpc) is 3.44. The third-order valence-corrected chi connectivity index (χ3v) is 5.15. The van der Waals surface area contributed by atoms with Gasteiger partial charge in [0.1, 0.15) is 18.5 Å². The van der Waals surface area contributed by atoms with Crippen molar-refractivity contribution in [2.45, 2.75) is 29.6 Å². The molecule has 0 radical (unpaired) electrons. The predicted octanol–water partition coefficient (Wildman–Crippen LogP) is 3.87. The van der Waals surface area contributed by atoms with Crippen LogP contribution in [0.25, 0.3) is 10.9 Å². The summed E-state index contributed by atoms with van der Waals surface area (Å²) < 4.78 is 11.1. The molecule has 5 nitrogen and oxygen atoms in total. The molecule has 0 unspecified atom stereocenters. The summed E-state index contributed by atoms with van der Waals surface area (Å²) in [5, 5.41) is 1.62. The van der Waals surface area contributed by atoms with Gasteiger partial charge in [0.2, 0.25) is 11.8 Å². The van der Waals surface area contributed by atoms with E-state index < -0.39 is 0 Å². The summed E-state index contributed by atoms with van der Waals surface area (Å²) in [6, 6.07) is 10.4. The molecule has 3 aromatic rings. The van der Waals surface area contributed by atoms with Crippen LogP contribution in [-0.2, 0) is 6.61 Å². The minimum atomic E-state index is 0.463. The Morgan fingerprint density at radius 3 is 2.62 bits per heavy atom. The van der Waals surface area contributed by atoms with Crippen molar-refractivity contribution < 1.29 is 9.47 Å². The molecule has 1 aliphatic rings. The van der Waals surface area contributed by atoms with Gasteiger partial charge in [-0.05, 0) is 36.6 Å². The number of nitrogens with zero attached hydrogens (tertiary/aromatic N) is 3. The molecule has 4 rings (SSSR count). The maximum Gasteiger partial charge on any atom is 0.240 e. The Balaban J connectivity index is 1.50. The van der Waals surface area contributed by atoms with Crippen molar-refractivity contribution in [1.82, 2.24) is 15.0 Å². The number of thioether (sulfide) groups is 1. The molecule has 24 heavy (non-hydrogen) atoms. The van der Waals surface area contributed by atoms with Crippen molar-refractivity contribution in [2.75, 3.05) is 7.11 Å². The molecule has 0 N–H and O–H groups in total. The number of fused-ring (bicyclic) bond motifs is 1. The summed E-state index contributed by atoms with van der Waals surface area (Å²) in [5.74, 6) is 1.01. The molecular formula is C18H17N3O2S. The highest BCUT2D eigenvalue weighted by Crippen LogP contribution is 2.39. The summed E-state index contributed by atoms with van der Waals surface area (Å²) in [6.07, 6.45) is 5.82. The smallest absolute Gasteiger partial charge is 0.240 e. The minimum Gasteiger partial charge on any atom is -0.479 e. The molecule has 1 aromatic carbocycles. The Labute approximate surface area is 144 Å². The summed E-state index contributed by atoms with van der Waals surface area (Å²) in [7, 11) is 1.58. The normalized spacial score (nSPS) is 13.9. The van der Waals surface area contributed by atoms with E-state index in [9.17, 15) is 0 Å². The van der Waals surface area contributed by atoms with E-state index in [1.165, 1.54) is 24.1 Å². The first-order chi connectivity index (χ1) is 11.8. The van der Waals surface area contributed by atoms with Crippen molar-refractivity contribution in [2.24, 2.45) is 0 Å². The molecule has 0 aliphatic heterocycles. The van der Waals surface area contributed by atoms with Crippen LogP contribution in [0.4, 0.5) is 0 Å². The molecule has 1 aliphatic carbocycles. The van der Waals surface area contributed by atoms with Crippen LogP contribution in [0.5, 0.6) is 11.8 Å². The Bertz CT molecular complexity index is 851. The third kappa shape index (κ3) is 3.28. The van der Waals surface area contributed by atoms with E-state index in [4.69, 9.17) is 9.47 Å². The van der Waals surface area contributed by atoms with Gasteiger partial charge in [0, 0.05) is 16.3 Å². The molecule has 1 fully saturated rings. The first kappa shape index (κ1) is 15.2. The van der Waals surface area contributed by atoms with Gasteiger partial charge >= 0.3 is 0 Å². The second-order valence-corrected chi connectivity index (χ2v) is 7.02. The van der Waals surface area contributed by atoms with Crippen LogP contribution in [0.15, 0.2) is 47.8 Å². The molecule has 0 amide bonds. The molecule has 1 saturated carbocycles. The number of ether oxygens (including phenoxy) is 2. The molecule has 2 heterocycles. The molecule has 0 spiro atoms. The average molecular weight is 339 g/mol. The highest BCUT2D eigenvalue weighted by molar-refractivity contribution is 8.00. The Morgan fingerprint density at radius 1 is 1.04 bits per heavy atom. The summed E-state index contributed by atoms with van der Waals surface area (Å²) in [4.78, 5) is 13.9. The van der Waals surface area contributed by atoms with Gasteiger partial charge < -0.3 is 9.47 Å². The van der Waals surface area contributed by atoms with Crippen molar-refractivity contribution >= 4 is 22.7 Å². The number of rotatable bonds is 6. The minimum absolute atomic E-state index is 0.463. The van der Waals surface area contributed by atoms with Crippen molar-refractivity contribution in [1.29, 1.82) is 0 Å². The van der Waals surface area contributed by atoms with Crippen LogP contribution >= 0.6 is 11.8 Å². The van der Waals surface area contributed by atoms with Crippen LogP contribution in [0.1, 0.15) is 18.4 Å². The maximum absolute atomic E-state index is 5.90. The van der Waals surface area contributed by atoms with Crippen LogP contribution in [0.3, 0.4) is 0 Å². The fourth-order valence-corrected chi connectivity index (χ4v) is 3.45. The van der Waals surface area contributed by atoms with Crippen molar-refractivity contribution in [3.8, 4) is 11.8 Å². The highest BCUT2D eigenvalue weighted by Gasteiger charge is 2.22. The molecule has 0 atom stereocenters. The Morgan fingerprint density at radius 2 is 1.88 bits per heavy atom. The largest absolute Gasteiger partial charge is 0.479 e. The summed E-state index contributed by atoms with van der Waals surface area (Å²) in [6.45, 7) is 0.463. The molecule has 2 aromatic heterocycles. The summed E-state index contributed by atoms with van der Waals surface area (Å²) >= 11 is 1.96. The van der Waals surface area contributed by atoms with Gasteiger partial charge in [-0.1, -0.05) is 12.1 Å². The first-order valence-corrected chi connectivity index (χ1v) is 8.73. The second kappa shape index (κ2) is 6.65. The standard InChI is InChI=1S/C18H17N3O2S/c1-22-18-16-15(8-9-19-18)17(21-11-20-16)23-10-12-2-4-13(5-3-12)24-14-6-7-14/h2-5,8-9,11,14H,6-7,10H2,1H3. The van der Waals surface area contributed by atoms with E-state index in [0.717, 1.165) is 16.2 Å². The SMILES string of the molecule is COc1nccc2c(OCc3ccc(SC4CC4)cc3)ncnc12. The van der Waals surface area contributed by atoms with Gasteiger partial charge in [0.15, 0.2) is 0 Å². The van der Waals surface area contributed by atoms with Crippen molar-refractivity contribution in [3.63, 3.8) is 0 Å². The number of methoxy groups -OCH3 is 1. The van der Waals surface area contributed by atoms with Crippen LogP contribution in [0.2, 0.25) is 0 Å².